The number of rotatable bonds is 4. The molecule has 2 N–H and O–H groups in total. The molecule has 2 rings (SSSR count). The monoisotopic (exact) mass is 329 g/mol. The molecule has 0 saturated heterocycles. The molecule has 0 aromatic carbocycles. The highest BCUT2D eigenvalue weighted by atomic mass is 79.9. The maximum absolute atomic E-state index is 5.82. The Morgan fingerprint density at radius 1 is 1.55 bits per heavy atom. The first-order valence-electron chi connectivity index (χ1n) is 5.92. The lowest BCUT2D eigenvalue weighted by atomic mass is 9.93. The minimum Gasteiger partial charge on any atom is -0.382 e. The molecule has 20 heavy (non-hydrogen) atoms. The van der Waals surface area contributed by atoms with Crippen LogP contribution >= 0.6 is 15.9 Å². The van der Waals surface area contributed by atoms with Crippen LogP contribution in [0.1, 0.15) is 6.92 Å². The summed E-state index contributed by atoms with van der Waals surface area (Å²) in [6.07, 6.45) is 6.90. The van der Waals surface area contributed by atoms with E-state index in [2.05, 4.69) is 37.5 Å². The lowest BCUT2D eigenvalue weighted by Crippen LogP contribution is -2.02. The predicted octanol–water partition coefficient (Wildman–Crippen LogP) is 2.36. The number of anilines is 1. The van der Waals surface area contributed by atoms with Crippen LogP contribution in [0.25, 0.3) is 11.2 Å². The lowest BCUT2D eigenvalue weighted by Gasteiger charge is -2.06. The minimum absolute atomic E-state index is 0.351. The summed E-state index contributed by atoms with van der Waals surface area (Å²) in [6, 6.07) is 0. The van der Waals surface area contributed by atoms with Crippen molar-refractivity contribution in [3.05, 3.63) is 46.9 Å². The lowest BCUT2D eigenvalue weighted by molar-refractivity contribution is 0.791. The normalized spacial score (nSPS) is 12.4. The summed E-state index contributed by atoms with van der Waals surface area (Å²) in [4.78, 5) is 12.4. The highest BCUT2D eigenvalue weighted by molar-refractivity contribution is 9.10. The van der Waals surface area contributed by atoms with Crippen molar-refractivity contribution in [1.82, 2.24) is 19.5 Å². The van der Waals surface area contributed by atoms with E-state index < -0.39 is 0 Å². The van der Waals surface area contributed by atoms with Gasteiger partial charge >= 0.3 is 0 Å². The number of fused-ring (bicyclic) bond motifs is 1. The summed E-state index contributed by atoms with van der Waals surface area (Å²) in [6.45, 7) is 6.40. The number of nitrogens with two attached hydrogens (primary N) is 1. The Labute approximate surface area is 126 Å². The molecule has 0 saturated carbocycles. The Hall–Kier alpha value is -1.89. The van der Waals surface area contributed by atoms with Crippen molar-refractivity contribution in [3.8, 4) is 0 Å². The highest BCUT2D eigenvalue weighted by Gasteiger charge is 2.12. The van der Waals surface area contributed by atoms with Crippen molar-refractivity contribution < 1.29 is 0 Å². The molecule has 5 nitrogen and oxygen atoms in total. The Kier molecular flexibility index (Phi) is 4.39. The molecular formula is C13H13BBrN5. The number of aromatic nitrogens is 4. The SMILES string of the molecule is [B]C(/C=C\C)=C/C(=C)Cn1c(Br)nc2c(N)ncnc21. The third kappa shape index (κ3) is 2.99. The van der Waals surface area contributed by atoms with Gasteiger partial charge in [-0.25, -0.2) is 15.0 Å². The quantitative estimate of drug-likeness (QED) is 0.531. The van der Waals surface area contributed by atoms with Gasteiger partial charge in [0.25, 0.3) is 0 Å². The van der Waals surface area contributed by atoms with E-state index in [9.17, 15) is 0 Å². The molecule has 0 bridgehead atoms. The standard InChI is InChI=1S/C13H13BBrN5/c1-3-4-9(14)5-8(2)6-20-12-10(19-13(20)15)11(16)17-7-18-12/h3-5,7H,2,6H2,1H3,(H2,16,17,18)/b4-3-,9-5+. The van der Waals surface area contributed by atoms with Crippen molar-refractivity contribution in [3.63, 3.8) is 0 Å². The molecule has 2 heterocycles. The van der Waals surface area contributed by atoms with E-state index in [1.54, 1.807) is 0 Å². The summed E-state index contributed by atoms with van der Waals surface area (Å²) < 4.78 is 2.48. The molecule has 0 fully saturated rings. The first kappa shape index (κ1) is 14.5. The maximum atomic E-state index is 5.82. The molecule has 0 atom stereocenters. The fourth-order valence-corrected chi connectivity index (χ4v) is 2.26. The maximum Gasteiger partial charge on any atom is 0.179 e. The minimum atomic E-state index is 0.351. The van der Waals surface area contributed by atoms with Crippen LogP contribution in [0.2, 0.25) is 0 Å². The van der Waals surface area contributed by atoms with Crippen LogP contribution in [-0.4, -0.2) is 27.4 Å². The Morgan fingerprint density at radius 3 is 3.00 bits per heavy atom. The zero-order valence-corrected chi connectivity index (χ0v) is 12.6. The predicted molar refractivity (Wildman–Crippen MR) is 85.2 cm³/mol. The number of nitrogens with zero attached hydrogens (tertiary/aromatic N) is 4. The number of imidazole rings is 1. The van der Waals surface area contributed by atoms with Gasteiger partial charge in [-0.2, -0.15) is 0 Å². The van der Waals surface area contributed by atoms with Crippen LogP contribution in [0.15, 0.2) is 46.9 Å². The zero-order valence-electron chi connectivity index (χ0n) is 11.0. The Morgan fingerprint density at radius 2 is 2.30 bits per heavy atom. The van der Waals surface area contributed by atoms with Crippen LogP contribution in [0.4, 0.5) is 5.82 Å². The van der Waals surface area contributed by atoms with Gasteiger partial charge in [-0.05, 0) is 28.4 Å². The van der Waals surface area contributed by atoms with Gasteiger partial charge < -0.3 is 5.73 Å². The number of allylic oxidation sites excluding steroid dienone is 5. The second kappa shape index (κ2) is 6.05. The van der Waals surface area contributed by atoms with Crippen molar-refractivity contribution in [1.29, 1.82) is 0 Å². The van der Waals surface area contributed by atoms with E-state index in [4.69, 9.17) is 13.6 Å². The van der Waals surface area contributed by atoms with E-state index in [-0.39, 0.29) is 0 Å². The van der Waals surface area contributed by atoms with Crippen molar-refractivity contribution >= 4 is 40.8 Å². The van der Waals surface area contributed by atoms with Gasteiger partial charge in [0.05, 0.1) is 6.54 Å². The van der Waals surface area contributed by atoms with Gasteiger partial charge in [0.2, 0.25) is 0 Å². The number of hydrogen-bond donors (Lipinski definition) is 1. The summed E-state index contributed by atoms with van der Waals surface area (Å²) >= 11 is 3.39. The zero-order chi connectivity index (χ0) is 14.7. The van der Waals surface area contributed by atoms with Crippen LogP contribution < -0.4 is 5.73 Å². The second-order valence-corrected chi connectivity index (χ2v) is 4.91. The fraction of sp³-hybridized carbons (Fsp3) is 0.154. The summed E-state index contributed by atoms with van der Waals surface area (Å²) in [5.41, 5.74) is 8.48. The van der Waals surface area contributed by atoms with E-state index in [1.165, 1.54) is 6.33 Å². The van der Waals surface area contributed by atoms with Gasteiger partial charge in [0.1, 0.15) is 14.2 Å². The number of halogens is 1. The Bertz CT molecular complexity index is 717. The summed E-state index contributed by atoms with van der Waals surface area (Å²) in [5.74, 6) is 0.351. The van der Waals surface area contributed by atoms with Gasteiger partial charge in [0.15, 0.2) is 21.7 Å². The molecule has 2 aromatic rings. The average Bonchev–Trinajstić information content (AvgIpc) is 2.68. The molecule has 2 aromatic heterocycles. The first-order valence-corrected chi connectivity index (χ1v) is 6.72. The average molecular weight is 330 g/mol. The van der Waals surface area contributed by atoms with Gasteiger partial charge in [0, 0.05) is 0 Å². The van der Waals surface area contributed by atoms with Crippen molar-refractivity contribution in [2.24, 2.45) is 0 Å². The molecule has 0 unspecified atom stereocenters. The molecule has 0 aliphatic heterocycles. The molecule has 7 heteroatoms. The summed E-state index contributed by atoms with van der Waals surface area (Å²) in [5, 5.41) is 0. The van der Waals surface area contributed by atoms with Crippen molar-refractivity contribution in [2.75, 3.05) is 5.73 Å². The highest BCUT2D eigenvalue weighted by Crippen LogP contribution is 2.22. The molecule has 100 valence electrons. The molecule has 2 radical (unpaired) electrons. The third-order valence-corrected chi connectivity index (χ3v) is 3.21. The van der Waals surface area contributed by atoms with E-state index in [0.29, 0.717) is 33.7 Å². The second-order valence-electron chi connectivity index (χ2n) is 4.20. The first-order chi connectivity index (χ1) is 9.52. The van der Waals surface area contributed by atoms with Crippen LogP contribution in [0.5, 0.6) is 0 Å². The van der Waals surface area contributed by atoms with E-state index in [1.807, 2.05) is 29.7 Å². The van der Waals surface area contributed by atoms with Crippen LogP contribution in [-0.2, 0) is 6.54 Å². The fourth-order valence-electron chi connectivity index (χ4n) is 1.79. The summed E-state index contributed by atoms with van der Waals surface area (Å²) in [7, 11) is 5.82. The molecule has 0 aliphatic carbocycles. The molecule has 0 spiro atoms. The van der Waals surface area contributed by atoms with Crippen molar-refractivity contribution in [2.45, 2.75) is 13.5 Å². The van der Waals surface area contributed by atoms with Gasteiger partial charge in [-0.1, -0.05) is 30.3 Å². The molecular weight excluding hydrogens is 317 g/mol. The number of nitrogen functional groups attached to an aromatic ring is 1. The van der Waals surface area contributed by atoms with Gasteiger partial charge in [-0.3, -0.25) is 4.57 Å². The molecule has 0 aliphatic rings. The Balaban J connectivity index is 2.35. The van der Waals surface area contributed by atoms with E-state index >= 15 is 0 Å². The molecule has 0 amide bonds. The van der Waals surface area contributed by atoms with Crippen LogP contribution in [0.3, 0.4) is 0 Å². The van der Waals surface area contributed by atoms with E-state index in [0.717, 1.165) is 5.57 Å². The van der Waals surface area contributed by atoms with Crippen LogP contribution in [0, 0.1) is 0 Å². The number of hydrogen-bond acceptors (Lipinski definition) is 4. The topological polar surface area (TPSA) is 69.6 Å². The smallest absolute Gasteiger partial charge is 0.179 e. The van der Waals surface area contributed by atoms with Gasteiger partial charge in [-0.15, -0.1) is 0 Å². The largest absolute Gasteiger partial charge is 0.382 e. The third-order valence-electron chi connectivity index (χ3n) is 2.60.